The van der Waals surface area contributed by atoms with Gasteiger partial charge in [0.2, 0.25) is 0 Å². The van der Waals surface area contributed by atoms with Crippen LogP contribution in [0.4, 0.5) is 34.1 Å². The number of para-hydroxylation sites is 4. The Labute approximate surface area is 272 Å². The lowest BCUT2D eigenvalue weighted by Crippen LogP contribution is -2.31. The van der Waals surface area contributed by atoms with Gasteiger partial charge in [0.15, 0.2) is 0 Å². The molecule has 8 rings (SSSR count). The molecule has 6 aromatic rings. The molecule has 0 spiro atoms. The van der Waals surface area contributed by atoms with Gasteiger partial charge in [-0.05, 0) is 60.4 Å². The number of rotatable bonds is 9. The van der Waals surface area contributed by atoms with Crippen LogP contribution in [-0.2, 0) is 0 Å². The molecule has 0 N–H and O–H groups in total. The van der Waals surface area contributed by atoms with Crippen LogP contribution in [0, 0.1) is 0 Å². The van der Waals surface area contributed by atoms with E-state index in [1.165, 1.54) is 56.4 Å². The average Bonchev–Trinajstić information content (AvgIpc) is 3.70. The van der Waals surface area contributed by atoms with Gasteiger partial charge in [-0.2, -0.15) is 0 Å². The van der Waals surface area contributed by atoms with Crippen LogP contribution in [-0.4, -0.2) is 26.4 Å². The first kappa shape index (κ1) is 28.0. The van der Waals surface area contributed by atoms with Crippen LogP contribution >= 0.6 is 0 Å². The van der Waals surface area contributed by atoms with Gasteiger partial charge in [-0.15, -0.1) is 0 Å². The minimum atomic E-state index is 0.859. The van der Waals surface area contributed by atoms with Gasteiger partial charge >= 0.3 is 0 Å². The minimum absolute atomic E-state index is 0.859. The van der Waals surface area contributed by atoms with Crippen molar-refractivity contribution >= 4 is 34.1 Å². The molecule has 0 unspecified atom stereocenters. The summed E-state index contributed by atoms with van der Waals surface area (Å²) in [5.74, 6) is 0. The van der Waals surface area contributed by atoms with E-state index < -0.39 is 0 Å². The first-order valence-electron chi connectivity index (χ1n) is 16.4. The predicted molar refractivity (Wildman–Crippen MR) is 195 cm³/mol. The number of nitrogens with zero attached hydrogens (tertiary/aromatic N) is 4. The van der Waals surface area contributed by atoms with Crippen molar-refractivity contribution in [3.8, 4) is 22.3 Å². The lowest BCUT2D eigenvalue weighted by Gasteiger charge is -2.24. The molecule has 4 nitrogen and oxygen atoms in total. The summed E-state index contributed by atoms with van der Waals surface area (Å²) in [4.78, 5) is 10.1. The van der Waals surface area contributed by atoms with Crippen LogP contribution in [0.3, 0.4) is 0 Å². The minimum Gasteiger partial charge on any atom is -0.352 e. The van der Waals surface area contributed by atoms with Crippen molar-refractivity contribution in [3.63, 3.8) is 0 Å². The fraction of sp³-hybridized carbons (Fsp3) is 0.143. The second kappa shape index (κ2) is 12.5. The van der Waals surface area contributed by atoms with Gasteiger partial charge in [0.05, 0.1) is 36.1 Å². The molecule has 2 aliphatic heterocycles. The second-order valence-electron chi connectivity index (χ2n) is 12.1. The summed E-state index contributed by atoms with van der Waals surface area (Å²) >= 11 is 0. The Balaban J connectivity index is 1.03. The molecule has 226 valence electrons. The quantitative estimate of drug-likeness (QED) is 0.154. The summed E-state index contributed by atoms with van der Waals surface area (Å²) in [6.45, 7) is 3.75. The molecule has 2 heterocycles. The number of hydrogen-bond acceptors (Lipinski definition) is 4. The fourth-order valence-corrected chi connectivity index (χ4v) is 7.10. The van der Waals surface area contributed by atoms with Crippen molar-refractivity contribution in [1.29, 1.82) is 0 Å². The van der Waals surface area contributed by atoms with E-state index in [4.69, 9.17) is 0 Å². The van der Waals surface area contributed by atoms with Gasteiger partial charge < -0.3 is 19.6 Å². The second-order valence-corrected chi connectivity index (χ2v) is 12.1. The molecule has 0 aliphatic carbocycles. The lowest BCUT2D eigenvalue weighted by molar-refractivity contribution is 0.678. The Morgan fingerprint density at radius 3 is 1.13 bits per heavy atom. The Hall–Kier alpha value is -5.48. The number of fused-ring (bicyclic) bond motifs is 2. The van der Waals surface area contributed by atoms with Crippen LogP contribution in [0.15, 0.2) is 158 Å². The molecule has 4 heteroatoms. The molecule has 6 aromatic carbocycles. The monoisotopic (exact) mass is 598 g/mol. The standard InChI is InChI=1S/C42H38N4/c1-5-17-33(18-6-1)37-25-15-27-39-41(37)45(35-21-9-3-10-22-35)31-43(39)29-13-14-30-44-32-46(36-23-11-4-12-24-36)42-38(26-16-28-40(42)44)34-19-7-2-8-20-34/h1-12,15-28H,13-14,29-32H2. The first-order chi connectivity index (χ1) is 22.8. The summed E-state index contributed by atoms with van der Waals surface area (Å²) in [7, 11) is 0. The maximum atomic E-state index is 2.57. The Morgan fingerprint density at radius 1 is 0.370 bits per heavy atom. The van der Waals surface area contributed by atoms with E-state index in [0.29, 0.717) is 0 Å². The molecule has 0 aromatic heterocycles. The molecule has 0 radical (unpaired) electrons. The molecular formula is C42H38N4. The Morgan fingerprint density at radius 2 is 0.739 bits per heavy atom. The summed E-state index contributed by atoms with van der Waals surface area (Å²) in [5.41, 5.74) is 12.8. The highest BCUT2D eigenvalue weighted by atomic mass is 15.4. The summed E-state index contributed by atoms with van der Waals surface area (Å²) < 4.78 is 0. The van der Waals surface area contributed by atoms with Crippen LogP contribution in [0.1, 0.15) is 12.8 Å². The SMILES string of the molecule is c1ccc(-c2cccc3c2N(c2ccccc2)CN3CCCCN2CN(c3ccccc3)c3c(-c4ccccc4)cccc32)cc1. The fourth-order valence-electron chi connectivity index (χ4n) is 7.10. The first-order valence-corrected chi connectivity index (χ1v) is 16.4. The van der Waals surface area contributed by atoms with Crippen molar-refractivity contribution in [2.45, 2.75) is 12.8 Å². The molecule has 0 atom stereocenters. The van der Waals surface area contributed by atoms with Crippen molar-refractivity contribution < 1.29 is 0 Å². The largest absolute Gasteiger partial charge is 0.352 e. The lowest BCUT2D eigenvalue weighted by atomic mass is 10.0. The van der Waals surface area contributed by atoms with Crippen molar-refractivity contribution in [1.82, 2.24) is 0 Å². The molecular weight excluding hydrogens is 560 g/mol. The van der Waals surface area contributed by atoms with Crippen molar-refractivity contribution in [3.05, 3.63) is 158 Å². The zero-order valence-electron chi connectivity index (χ0n) is 26.0. The normalized spacial score (nSPS) is 13.7. The van der Waals surface area contributed by atoms with Gasteiger partial charge in [0, 0.05) is 35.6 Å². The predicted octanol–water partition coefficient (Wildman–Crippen LogP) is 10.3. The third-order valence-corrected chi connectivity index (χ3v) is 9.29. The van der Waals surface area contributed by atoms with Crippen molar-refractivity contribution in [2.24, 2.45) is 0 Å². The van der Waals surface area contributed by atoms with E-state index in [2.05, 4.69) is 177 Å². The van der Waals surface area contributed by atoms with Gasteiger partial charge in [-0.25, -0.2) is 0 Å². The van der Waals surface area contributed by atoms with Gasteiger partial charge in [0.25, 0.3) is 0 Å². The number of hydrogen-bond donors (Lipinski definition) is 0. The molecule has 0 bridgehead atoms. The van der Waals surface area contributed by atoms with Crippen LogP contribution in [0.25, 0.3) is 22.3 Å². The topological polar surface area (TPSA) is 13.0 Å². The molecule has 0 saturated carbocycles. The highest BCUT2D eigenvalue weighted by Gasteiger charge is 2.31. The van der Waals surface area contributed by atoms with E-state index >= 15 is 0 Å². The van der Waals surface area contributed by atoms with Gasteiger partial charge in [-0.3, -0.25) is 0 Å². The van der Waals surface area contributed by atoms with Crippen LogP contribution in [0.2, 0.25) is 0 Å². The van der Waals surface area contributed by atoms with Gasteiger partial charge in [-0.1, -0.05) is 121 Å². The Kier molecular flexibility index (Phi) is 7.61. The third-order valence-electron chi connectivity index (χ3n) is 9.29. The van der Waals surface area contributed by atoms with E-state index in [0.717, 1.165) is 39.3 Å². The van der Waals surface area contributed by atoms with Gasteiger partial charge in [0.1, 0.15) is 0 Å². The van der Waals surface area contributed by atoms with E-state index in [1.54, 1.807) is 0 Å². The summed E-state index contributed by atoms with van der Waals surface area (Å²) in [6, 6.07) is 56.8. The average molecular weight is 599 g/mol. The van der Waals surface area contributed by atoms with E-state index in [1.807, 2.05) is 0 Å². The highest BCUT2D eigenvalue weighted by Crippen LogP contribution is 2.48. The highest BCUT2D eigenvalue weighted by molar-refractivity contribution is 5.95. The zero-order chi connectivity index (χ0) is 30.7. The maximum absolute atomic E-state index is 2.57. The zero-order valence-corrected chi connectivity index (χ0v) is 26.0. The number of unbranched alkanes of at least 4 members (excludes halogenated alkanes) is 1. The maximum Gasteiger partial charge on any atom is 0.0953 e. The molecule has 0 amide bonds. The van der Waals surface area contributed by atoms with Crippen molar-refractivity contribution in [2.75, 3.05) is 46.0 Å². The van der Waals surface area contributed by atoms with E-state index in [9.17, 15) is 0 Å². The number of benzene rings is 6. The van der Waals surface area contributed by atoms with Crippen LogP contribution < -0.4 is 19.6 Å². The molecule has 0 saturated heterocycles. The molecule has 2 aliphatic rings. The summed E-state index contributed by atoms with van der Waals surface area (Å²) in [6.07, 6.45) is 2.24. The Bertz CT molecular complexity index is 1770. The number of anilines is 6. The van der Waals surface area contributed by atoms with Crippen LogP contribution in [0.5, 0.6) is 0 Å². The van der Waals surface area contributed by atoms with E-state index in [-0.39, 0.29) is 0 Å². The summed E-state index contributed by atoms with van der Waals surface area (Å²) in [5, 5.41) is 0. The third kappa shape index (κ3) is 5.26. The molecule has 46 heavy (non-hydrogen) atoms. The molecule has 0 fully saturated rings. The smallest absolute Gasteiger partial charge is 0.0953 e.